The first-order chi connectivity index (χ1) is 68.5. The van der Waals surface area contributed by atoms with Gasteiger partial charge in [-0.2, -0.15) is 0 Å². The number of hydrogen-bond acceptors (Lipinski definition) is 32. The number of esters is 6. The van der Waals surface area contributed by atoms with Gasteiger partial charge in [0.25, 0.3) is 23.6 Å². The Hall–Kier alpha value is -7.36. The van der Waals surface area contributed by atoms with Gasteiger partial charge in [0.05, 0.1) is 52.7 Å². The van der Waals surface area contributed by atoms with Crippen LogP contribution in [0.2, 0.25) is 104 Å². The Bertz CT molecular complexity index is 4350. The molecule has 0 radical (unpaired) electrons. The van der Waals surface area contributed by atoms with Crippen LogP contribution in [0.3, 0.4) is 0 Å². The lowest BCUT2D eigenvalue weighted by Crippen LogP contribution is -2.54. The number of nitrogens with one attached hydrogen (secondary N) is 4. The molecule has 0 spiro atoms. The van der Waals surface area contributed by atoms with E-state index in [1.54, 1.807) is 0 Å². The molecule has 4 fully saturated rings. The molecule has 2 heterocycles. The lowest BCUT2D eigenvalue weighted by Gasteiger charge is -2.47. The zero-order valence-corrected chi connectivity index (χ0v) is 100. The van der Waals surface area contributed by atoms with Gasteiger partial charge in [-0.25, -0.2) is 19.2 Å². The summed E-state index contributed by atoms with van der Waals surface area (Å²) in [5.41, 5.74) is -2.77. The van der Waals surface area contributed by atoms with Gasteiger partial charge in [-0.3, -0.25) is 57.7 Å². The highest BCUT2D eigenvalue weighted by Crippen LogP contribution is 2.53. The van der Waals surface area contributed by atoms with E-state index in [9.17, 15) is 67.1 Å². The van der Waals surface area contributed by atoms with E-state index in [1.165, 1.54) is 24.3 Å². The lowest BCUT2D eigenvalue weighted by molar-refractivity contribution is -0.157. The maximum Gasteiger partial charge on any atom is 0.408 e. The second-order valence-corrected chi connectivity index (χ2v) is 76.2. The van der Waals surface area contributed by atoms with E-state index in [1.807, 2.05) is 6.92 Å². The Morgan fingerprint density at radius 2 is 0.709 bits per heavy atom. The molecule has 0 aromatic rings. The fourth-order valence-electron chi connectivity index (χ4n) is 23.5. The van der Waals surface area contributed by atoms with Crippen molar-refractivity contribution in [1.29, 1.82) is 0 Å². The van der Waals surface area contributed by atoms with E-state index >= 15 is 0 Å². The van der Waals surface area contributed by atoms with Crippen LogP contribution >= 0.6 is 0 Å². The predicted octanol–water partition coefficient (Wildman–Crippen LogP) is 16.9. The summed E-state index contributed by atoms with van der Waals surface area (Å²) in [6, 6.07) is 1.10. The third-order valence-corrected chi connectivity index (χ3v) is 45.6. The van der Waals surface area contributed by atoms with Gasteiger partial charge in [0, 0.05) is 101 Å². The Labute approximate surface area is 886 Å². The summed E-state index contributed by atoms with van der Waals surface area (Å²) >= 11 is 0. The van der Waals surface area contributed by atoms with Crippen molar-refractivity contribution in [2.24, 2.45) is 55.7 Å². The number of amides is 8. The predicted molar refractivity (Wildman–Crippen MR) is 570 cm³/mol. The van der Waals surface area contributed by atoms with Crippen LogP contribution in [0, 0.1) is 55.7 Å². The second-order valence-electron chi connectivity index (χ2n) is 50.5. The van der Waals surface area contributed by atoms with E-state index < -0.39 is 163 Å². The Morgan fingerprint density at radius 3 is 1.16 bits per heavy atom. The number of ether oxygens (including phenoxy) is 14. The molecular formula is C104H184N6O32Si6. The van der Waals surface area contributed by atoms with Crippen LogP contribution in [0.25, 0.3) is 0 Å². The number of nitrogens with zero attached hydrogens (tertiary/aromatic N) is 2. The van der Waals surface area contributed by atoms with Crippen LogP contribution in [0.1, 0.15) is 237 Å². The molecule has 0 aromatic carbocycles. The first-order valence-electron chi connectivity index (χ1n) is 53.4. The van der Waals surface area contributed by atoms with Crippen LogP contribution < -0.4 is 21.3 Å². The molecule has 0 saturated heterocycles. The van der Waals surface area contributed by atoms with Crippen molar-refractivity contribution in [3.05, 3.63) is 24.3 Å². The fourth-order valence-corrected chi connectivity index (χ4v) is 48.5. The van der Waals surface area contributed by atoms with Gasteiger partial charge >= 0.3 is 77.3 Å². The molecule has 10 atom stereocenters. The second kappa shape index (κ2) is 58.3. The van der Waals surface area contributed by atoms with Gasteiger partial charge < -0.3 is 104 Å². The van der Waals surface area contributed by atoms with Gasteiger partial charge in [-0.15, -0.1) is 0 Å². The highest BCUT2D eigenvalue weighted by molar-refractivity contribution is 6.88. The van der Waals surface area contributed by atoms with Gasteiger partial charge in [-0.1, -0.05) is 76.2 Å². The van der Waals surface area contributed by atoms with Gasteiger partial charge in [0.15, 0.2) is 45.5 Å². The summed E-state index contributed by atoms with van der Waals surface area (Å²) in [7, 11) is -13.0. The van der Waals surface area contributed by atoms with E-state index in [2.05, 4.69) is 189 Å². The number of unbranched alkanes of at least 4 members (excludes halogenated alkanes) is 1. The van der Waals surface area contributed by atoms with Crippen molar-refractivity contribution in [2.75, 3.05) is 132 Å². The number of carbonyl (C=O) groups excluding carboxylic acids is 14. The molecule has 0 aromatic heterocycles. The van der Waals surface area contributed by atoms with Crippen molar-refractivity contribution in [3.63, 3.8) is 0 Å². The molecule has 44 heteroatoms. The number of rotatable bonds is 65. The largest absolute Gasteiger partial charge is 0.464 e. The van der Waals surface area contributed by atoms with Crippen LogP contribution in [0.4, 0.5) is 19.2 Å². The standard InChI is InChI=1S/C104H184N6O32Si6/c1-97(2)60-78(57-91(119)135-69-82(68-128-44-30-56-148(26,141-145(19,20)21)142-146(22,23)24)138-96(124)108-104(12)64-77(59-99(5,6)74-104)33-38-89(117)129-45-41-109-83(111)34-35-84(109)112)62-102(10,72-97)76-106-94(122)134-54-50-126-48-52-131-88(116)32-28-27-31-87(115)130-51-47-125-49-53-132-90(118)39-40-101(9)66-80(65-100(7,8)71-101)107-95(123)136-70-81(67-127-43-29-55-147(25,139-143(13,14)15)140-144(16,17)18)137-92(120)58-79-61-98(3,4)73-103(11,63-79)75-105-93(121)133-46-42-110-85(113)36-37-86(110)114/h34-37,77-82H,27-33,38-76H2,1-26H3,(H,105,121)(H,106,122)(H,107,123)(H,108,124). The quantitative estimate of drug-likeness (QED) is 0.0144. The van der Waals surface area contributed by atoms with E-state index in [4.69, 9.17) is 82.8 Å². The maximum atomic E-state index is 14.1. The number of hydrogen-bond donors (Lipinski definition) is 4. The summed E-state index contributed by atoms with van der Waals surface area (Å²) in [5, 5.41) is 12.0. The highest BCUT2D eigenvalue weighted by atomic mass is 28.5. The van der Waals surface area contributed by atoms with Gasteiger partial charge in [0.2, 0.25) is 0 Å². The van der Waals surface area contributed by atoms with E-state index in [0.29, 0.717) is 102 Å². The topological polar surface area (TPSA) is 460 Å². The van der Waals surface area contributed by atoms with Crippen LogP contribution in [-0.4, -0.2) is 300 Å². The summed E-state index contributed by atoms with van der Waals surface area (Å²) in [6.45, 7) is 55.6. The zero-order chi connectivity index (χ0) is 111. The Morgan fingerprint density at radius 1 is 0.338 bits per heavy atom. The smallest absolute Gasteiger partial charge is 0.408 e. The van der Waals surface area contributed by atoms with Crippen LogP contribution in [0.15, 0.2) is 24.3 Å². The molecule has 6 aliphatic rings. The van der Waals surface area contributed by atoms with Crippen molar-refractivity contribution >= 4 is 134 Å². The van der Waals surface area contributed by atoms with Crippen molar-refractivity contribution < 1.29 is 150 Å². The number of imide groups is 2. The van der Waals surface area contributed by atoms with Crippen molar-refractivity contribution in [3.8, 4) is 0 Å². The van der Waals surface area contributed by atoms with E-state index in [-0.39, 0.29) is 208 Å². The summed E-state index contributed by atoms with van der Waals surface area (Å²) in [6.07, 6.45) is 11.8. The first kappa shape index (κ1) is 129. The number of alkyl carbamates (subject to hydrolysis) is 4. The SMILES string of the molecule is CC1(C)CC(CC(=O)OCC(COCCC[Si](C)(O[Si](C)(C)C)O[Si](C)(C)C)OC(=O)NC2(C)CC(CCC(=O)OCCN3C(=O)C=CC3=O)CC(C)(C)C2)CC(C)(CNC(=O)OCCOCCOC(=O)CCCCC(=O)OCCOCCOC(=O)CCC2(C)CC(NC(=O)OCC(COCCC[Si](C)(O[Si](C)(C)C)O[Si](C)(C)C)OC(=O)CC3CC(C)(C)CC(C)(CNC(=O)OCCN4C(=O)C=CC4=O)C3)CC(C)(C)C2)C1. The monoisotopic (exact) mass is 2200 g/mol. The van der Waals surface area contributed by atoms with Gasteiger partial charge in [0.1, 0.15) is 52.9 Å². The minimum absolute atomic E-state index is 0.0118. The minimum atomic E-state index is -2.58. The summed E-state index contributed by atoms with van der Waals surface area (Å²) in [4.78, 5) is 183. The molecule has 0 bridgehead atoms. The van der Waals surface area contributed by atoms with Crippen LogP contribution in [-0.2, 0) is 131 Å². The third kappa shape index (κ3) is 53.5. The molecule has 4 aliphatic carbocycles. The molecule has 846 valence electrons. The maximum absolute atomic E-state index is 14.1. The third-order valence-electron chi connectivity index (χ3n) is 26.4. The first-order valence-corrected chi connectivity index (χ1v) is 72.1. The molecule has 6 rings (SSSR count). The molecule has 8 amide bonds. The highest BCUT2D eigenvalue weighted by Gasteiger charge is 2.49. The molecule has 4 saturated carbocycles. The average Bonchev–Trinajstić information content (AvgIpc) is 1.20. The molecule has 38 nitrogen and oxygen atoms in total. The Kier molecular flexibility index (Phi) is 50.9. The summed E-state index contributed by atoms with van der Waals surface area (Å²) in [5.74, 6) is -4.72. The summed E-state index contributed by atoms with van der Waals surface area (Å²) < 4.78 is 107. The molecule has 148 heavy (non-hydrogen) atoms. The number of carbonyl (C=O) groups is 14. The zero-order valence-electron chi connectivity index (χ0n) is 94.3. The molecule has 4 N–H and O–H groups in total. The normalized spacial score (nSPS) is 23.3. The molecule has 2 aliphatic heterocycles. The van der Waals surface area contributed by atoms with Crippen LogP contribution in [0.5, 0.6) is 0 Å². The molecule has 10 unspecified atom stereocenters. The average molecular weight is 2200 g/mol. The molecular weight excluding hydrogens is 2010 g/mol. The minimum Gasteiger partial charge on any atom is -0.464 e. The van der Waals surface area contributed by atoms with Crippen molar-refractivity contribution in [1.82, 2.24) is 31.1 Å². The van der Waals surface area contributed by atoms with Crippen molar-refractivity contribution in [2.45, 2.75) is 365 Å². The van der Waals surface area contributed by atoms with E-state index in [0.717, 1.165) is 48.3 Å². The van der Waals surface area contributed by atoms with Gasteiger partial charge in [-0.05, 0) is 282 Å². The Balaban J connectivity index is 0.836. The lowest BCUT2D eigenvalue weighted by atomic mass is 9.60. The fraction of sp³-hybridized carbons (Fsp3) is 0.827.